The molecule has 0 fully saturated rings. The second-order valence-corrected chi connectivity index (χ2v) is 13.1. The second kappa shape index (κ2) is 17.9. The monoisotopic (exact) mass is 669 g/mol. The van der Waals surface area contributed by atoms with Gasteiger partial charge in [-0.15, -0.1) is 11.3 Å². The molecule has 0 aliphatic heterocycles. The zero-order valence-electron chi connectivity index (χ0n) is 27.7. The van der Waals surface area contributed by atoms with Gasteiger partial charge in [0.05, 0.1) is 11.4 Å². The first-order chi connectivity index (χ1) is 21.8. The van der Waals surface area contributed by atoms with E-state index in [0.717, 1.165) is 16.8 Å². The van der Waals surface area contributed by atoms with Crippen LogP contribution in [0.2, 0.25) is 0 Å². The van der Waals surface area contributed by atoms with Crippen LogP contribution in [0, 0.1) is 6.92 Å². The van der Waals surface area contributed by atoms with Crippen LogP contribution >= 0.6 is 11.3 Å². The van der Waals surface area contributed by atoms with Crippen molar-refractivity contribution in [1.82, 2.24) is 9.13 Å². The van der Waals surface area contributed by atoms with Gasteiger partial charge < -0.3 is 23.9 Å². The molecule has 15 heteroatoms. The summed E-state index contributed by atoms with van der Waals surface area (Å²) in [7, 11) is 3.64. The summed E-state index contributed by atoms with van der Waals surface area (Å²) in [5.41, 5.74) is 1.36. The normalized spacial score (nSPS) is 10.2. The number of ether oxygens (including phenoxy) is 2. The van der Waals surface area contributed by atoms with E-state index in [9.17, 15) is 14.4 Å². The Labute approximate surface area is 276 Å². The van der Waals surface area contributed by atoms with Gasteiger partial charge in [-0.2, -0.15) is 19.2 Å². The molecule has 0 radical (unpaired) electrons. The molecule has 4 rings (SSSR count). The fourth-order valence-corrected chi connectivity index (χ4v) is 4.63. The summed E-state index contributed by atoms with van der Waals surface area (Å²) in [5, 5.41) is 9.29. The average Bonchev–Trinajstić information content (AvgIpc) is 3.59. The minimum absolute atomic E-state index is 0.249. The van der Waals surface area contributed by atoms with Gasteiger partial charge in [-0.1, -0.05) is 0 Å². The van der Waals surface area contributed by atoms with Gasteiger partial charge in [-0.3, -0.25) is 15.4 Å². The summed E-state index contributed by atoms with van der Waals surface area (Å²) in [6.07, 6.45) is 4.85. The molecule has 0 saturated carbocycles. The number of rotatable bonds is 4. The minimum Gasteiger partial charge on any atom is -0.444 e. The number of thiophene rings is 1. The van der Waals surface area contributed by atoms with Crippen LogP contribution in [-0.2, 0) is 42.7 Å². The Morgan fingerprint density at radius 1 is 0.723 bits per heavy atom. The van der Waals surface area contributed by atoms with E-state index in [1.807, 2.05) is 69.0 Å². The van der Waals surface area contributed by atoms with Crippen molar-refractivity contribution in [3.63, 3.8) is 0 Å². The summed E-state index contributed by atoms with van der Waals surface area (Å²) in [6, 6.07) is 11.4. The van der Waals surface area contributed by atoms with Crippen molar-refractivity contribution < 1.29 is 43.0 Å². The highest BCUT2D eigenvalue weighted by atomic mass is 32.1. The lowest BCUT2D eigenvalue weighted by molar-refractivity contribution is -0.193. The molecule has 3 heterocycles. The topological polar surface area (TPSA) is 184 Å². The van der Waals surface area contributed by atoms with E-state index < -0.39 is 23.4 Å². The zero-order valence-corrected chi connectivity index (χ0v) is 28.5. The Bertz CT molecular complexity index is 1720. The lowest BCUT2D eigenvalue weighted by atomic mass is 10.2. The number of benzene rings is 1. The number of hydrogen-bond donors (Lipinski definition) is 3. The molecule has 3 amide bonds. The lowest BCUT2D eigenvalue weighted by Crippen LogP contribution is -2.27. The van der Waals surface area contributed by atoms with Gasteiger partial charge in [0.25, 0.3) is 5.91 Å². The molecule has 0 saturated heterocycles. The van der Waals surface area contributed by atoms with Crippen LogP contribution < -0.4 is 16.0 Å². The molecule has 0 spiro atoms. The highest BCUT2D eigenvalue weighted by Crippen LogP contribution is 2.28. The van der Waals surface area contributed by atoms with Gasteiger partial charge in [0.2, 0.25) is 0 Å². The molecule has 3 N–H and O–H groups in total. The standard InChI is InChI=1S/C20H23N3O3S.C10H16N2O2.2CO2/c1-12-8-13-9-14(6-7-17(13)27-12)21-18(24)16-10-15(11-23(16)5)22-19(25)26-20(2,3)4;1-10(2,3)14-9(13)11-8-5-6-12(4)7-8;2*2-1-3/h6-11H,1-5H3,(H,21,24)(H,22,25);5-7H,1-4H3,(H,11,13);;. The molecule has 1 aromatic carbocycles. The first kappa shape index (κ1) is 39.5. The SMILES string of the molecule is Cc1cc2cc(NC(=O)c3cc(NC(=O)OC(C)(C)C)cn3C)ccc2s1.Cn1ccc(NC(=O)OC(C)(C)C)c1.O=C=O.O=C=O. The van der Waals surface area contributed by atoms with Crippen LogP contribution in [0.1, 0.15) is 56.9 Å². The van der Waals surface area contributed by atoms with E-state index in [4.69, 9.17) is 28.7 Å². The molecule has 3 aromatic heterocycles. The third-order valence-electron chi connectivity index (χ3n) is 5.26. The molecular weight excluding hydrogens is 630 g/mol. The smallest absolute Gasteiger partial charge is 0.412 e. The first-order valence-electron chi connectivity index (χ1n) is 13.9. The number of nitrogens with zero attached hydrogens (tertiary/aromatic N) is 2. The highest BCUT2D eigenvalue weighted by molar-refractivity contribution is 7.19. The number of carbonyl (C=O) groups is 3. The fraction of sp³-hybridized carbons (Fsp3) is 0.344. The van der Waals surface area contributed by atoms with Crippen molar-refractivity contribution in [1.29, 1.82) is 0 Å². The van der Waals surface area contributed by atoms with Crippen LogP contribution in [0.3, 0.4) is 0 Å². The summed E-state index contributed by atoms with van der Waals surface area (Å²) < 4.78 is 15.0. The van der Waals surface area contributed by atoms with Crippen molar-refractivity contribution >= 4 is 68.9 Å². The van der Waals surface area contributed by atoms with Crippen molar-refractivity contribution in [2.45, 2.75) is 59.7 Å². The number of aromatic nitrogens is 2. The van der Waals surface area contributed by atoms with Gasteiger partial charge in [-0.25, -0.2) is 9.59 Å². The van der Waals surface area contributed by atoms with E-state index in [2.05, 4.69) is 28.9 Å². The maximum Gasteiger partial charge on any atom is 0.412 e. The van der Waals surface area contributed by atoms with Crippen LogP contribution in [0.4, 0.5) is 26.7 Å². The van der Waals surface area contributed by atoms with Crippen LogP contribution in [0.15, 0.2) is 55.0 Å². The second-order valence-electron chi connectivity index (χ2n) is 11.8. The van der Waals surface area contributed by atoms with Gasteiger partial charge in [0, 0.05) is 48.0 Å². The van der Waals surface area contributed by atoms with Gasteiger partial charge in [0.15, 0.2) is 0 Å². The van der Waals surface area contributed by atoms with E-state index >= 15 is 0 Å². The Kier molecular flexibility index (Phi) is 15.0. The fourth-order valence-electron chi connectivity index (χ4n) is 3.73. The largest absolute Gasteiger partial charge is 0.444 e. The van der Waals surface area contributed by atoms with Crippen molar-refractivity contribution in [2.75, 3.05) is 16.0 Å². The summed E-state index contributed by atoms with van der Waals surface area (Å²) in [4.78, 5) is 69.5. The molecule has 14 nitrogen and oxygen atoms in total. The number of hydrogen-bond acceptors (Lipinski definition) is 10. The number of amides is 3. The Morgan fingerprint density at radius 3 is 1.74 bits per heavy atom. The third kappa shape index (κ3) is 15.4. The van der Waals surface area contributed by atoms with Gasteiger partial charge >= 0.3 is 24.5 Å². The molecule has 0 aliphatic carbocycles. The number of carbonyl (C=O) groups excluding carboxylic acids is 7. The number of aryl methyl sites for hydroxylation is 3. The Balaban J connectivity index is 0.000000462. The van der Waals surface area contributed by atoms with Gasteiger partial charge in [-0.05, 0) is 90.3 Å². The van der Waals surface area contributed by atoms with Crippen molar-refractivity contribution in [2.24, 2.45) is 14.1 Å². The third-order valence-corrected chi connectivity index (χ3v) is 6.29. The summed E-state index contributed by atoms with van der Waals surface area (Å²) in [5.74, 6) is -0.249. The molecule has 252 valence electrons. The molecule has 0 unspecified atom stereocenters. The minimum atomic E-state index is -0.586. The van der Waals surface area contributed by atoms with Gasteiger partial charge in [0.1, 0.15) is 16.9 Å². The number of anilines is 3. The number of fused-ring (bicyclic) bond motifs is 1. The quantitative estimate of drug-likeness (QED) is 0.223. The van der Waals surface area contributed by atoms with E-state index in [1.54, 1.807) is 56.0 Å². The molecule has 4 aromatic rings. The predicted octanol–water partition coefficient (Wildman–Crippen LogP) is 6.35. The van der Waals surface area contributed by atoms with E-state index in [-0.39, 0.29) is 18.2 Å². The Hall–Kier alpha value is -5.49. The van der Waals surface area contributed by atoms with Crippen LogP contribution in [-0.4, -0.2) is 50.7 Å². The number of nitrogens with one attached hydrogen (secondary N) is 3. The predicted molar refractivity (Wildman–Crippen MR) is 175 cm³/mol. The lowest BCUT2D eigenvalue weighted by Gasteiger charge is -2.19. The maximum atomic E-state index is 12.6. The van der Waals surface area contributed by atoms with Crippen molar-refractivity contribution in [3.05, 3.63) is 65.6 Å². The molecule has 0 bridgehead atoms. The highest BCUT2D eigenvalue weighted by Gasteiger charge is 2.19. The van der Waals surface area contributed by atoms with Crippen LogP contribution in [0.25, 0.3) is 10.1 Å². The molecule has 0 atom stereocenters. The summed E-state index contributed by atoms with van der Waals surface area (Å²) in [6.45, 7) is 12.9. The Morgan fingerprint density at radius 2 is 1.26 bits per heavy atom. The summed E-state index contributed by atoms with van der Waals surface area (Å²) >= 11 is 1.72. The van der Waals surface area contributed by atoms with Crippen molar-refractivity contribution in [3.8, 4) is 0 Å². The molecule has 47 heavy (non-hydrogen) atoms. The van der Waals surface area contributed by atoms with E-state index in [0.29, 0.717) is 11.4 Å². The average molecular weight is 670 g/mol. The van der Waals surface area contributed by atoms with E-state index in [1.165, 1.54) is 9.58 Å². The molecular formula is C32H39N5O9S. The zero-order chi connectivity index (χ0) is 35.9. The molecule has 0 aliphatic rings. The van der Waals surface area contributed by atoms with Crippen LogP contribution in [0.5, 0.6) is 0 Å². The first-order valence-corrected chi connectivity index (χ1v) is 14.7. The maximum absolute atomic E-state index is 12.6.